The van der Waals surface area contributed by atoms with E-state index in [-0.39, 0.29) is 0 Å². The monoisotopic (exact) mass is 164 g/mol. The maximum Gasteiger partial charge on any atom is 0.0522 e. The molecule has 1 aromatic heterocycles. The van der Waals surface area contributed by atoms with E-state index in [9.17, 15) is 0 Å². The van der Waals surface area contributed by atoms with E-state index < -0.39 is 0 Å². The minimum Gasteiger partial charge on any atom is -0.282 e. The molecule has 0 spiro atoms. The van der Waals surface area contributed by atoms with Crippen LogP contribution in [0.15, 0.2) is 6.20 Å². The smallest absolute Gasteiger partial charge is 0.0522 e. The molecule has 1 aromatic rings. The number of aromatic nitrogens is 2. The summed E-state index contributed by atoms with van der Waals surface area (Å²) in [6.45, 7) is 4.62. The maximum absolute atomic E-state index is 4.07. The lowest BCUT2D eigenvalue weighted by molar-refractivity contribution is 0.340. The molecular formula is C10H16N2. The minimum absolute atomic E-state index is 0.807. The van der Waals surface area contributed by atoms with Gasteiger partial charge in [-0.05, 0) is 36.7 Å². The predicted molar refractivity (Wildman–Crippen MR) is 48.9 cm³/mol. The summed E-state index contributed by atoms with van der Waals surface area (Å²) < 4.78 is 0. The van der Waals surface area contributed by atoms with Gasteiger partial charge in [0, 0.05) is 5.69 Å². The summed E-state index contributed by atoms with van der Waals surface area (Å²) in [6.07, 6.45) is 5.73. The minimum atomic E-state index is 0.807. The summed E-state index contributed by atoms with van der Waals surface area (Å²) in [5, 5.41) is 7.17. The highest BCUT2D eigenvalue weighted by Crippen LogP contribution is 2.28. The third kappa shape index (κ3) is 1.26. The number of hydrogen-bond acceptors (Lipinski definition) is 1. The molecule has 0 saturated carbocycles. The Bertz CT molecular complexity index is 263. The third-order valence-electron chi connectivity index (χ3n) is 3.00. The van der Waals surface area contributed by atoms with Gasteiger partial charge in [0.2, 0.25) is 0 Å². The van der Waals surface area contributed by atoms with Crippen LogP contribution in [0.1, 0.15) is 31.5 Å². The zero-order chi connectivity index (χ0) is 8.55. The van der Waals surface area contributed by atoms with Gasteiger partial charge in [-0.3, -0.25) is 5.10 Å². The van der Waals surface area contributed by atoms with Gasteiger partial charge in [0.1, 0.15) is 0 Å². The number of nitrogens with one attached hydrogen (secondary N) is 1. The first-order chi connectivity index (χ1) is 5.77. The Hall–Kier alpha value is -0.790. The molecule has 1 aliphatic rings. The lowest BCUT2D eigenvalue weighted by atomic mass is 9.81. The lowest BCUT2D eigenvalue weighted by Crippen LogP contribution is -2.18. The lowest BCUT2D eigenvalue weighted by Gasteiger charge is -2.24. The second kappa shape index (κ2) is 2.92. The average molecular weight is 164 g/mol. The average Bonchev–Trinajstić information content (AvgIpc) is 2.49. The molecule has 0 aromatic carbocycles. The summed E-state index contributed by atoms with van der Waals surface area (Å²) in [5.41, 5.74) is 2.81. The van der Waals surface area contributed by atoms with Crippen molar-refractivity contribution < 1.29 is 0 Å². The van der Waals surface area contributed by atoms with Gasteiger partial charge in [-0.15, -0.1) is 0 Å². The summed E-state index contributed by atoms with van der Waals surface area (Å²) in [7, 11) is 0. The van der Waals surface area contributed by atoms with E-state index >= 15 is 0 Å². The van der Waals surface area contributed by atoms with Crippen molar-refractivity contribution in [3.8, 4) is 0 Å². The maximum atomic E-state index is 4.07. The topological polar surface area (TPSA) is 28.7 Å². The van der Waals surface area contributed by atoms with E-state index in [1.165, 1.54) is 30.5 Å². The molecule has 2 rings (SSSR count). The molecule has 1 heterocycles. The van der Waals surface area contributed by atoms with Crippen LogP contribution in [0.2, 0.25) is 0 Å². The van der Waals surface area contributed by atoms with Crippen molar-refractivity contribution in [2.45, 2.75) is 33.1 Å². The molecule has 66 valence electrons. The fraction of sp³-hybridized carbons (Fsp3) is 0.700. The van der Waals surface area contributed by atoms with Crippen molar-refractivity contribution in [1.82, 2.24) is 10.2 Å². The molecule has 0 saturated heterocycles. The number of hydrogen-bond donors (Lipinski definition) is 1. The molecule has 0 fully saturated rings. The van der Waals surface area contributed by atoms with Crippen LogP contribution in [0.5, 0.6) is 0 Å². The van der Waals surface area contributed by atoms with E-state index in [0.717, 1.165) is 11.8 Å². The normalized spacial score (nSPS) is 22.8. The Balaban J connectivity index is 2.15. The fourth-order valence-corrected chi connectivity index (χ4v) is 2.00. The molecule has 1 aliphatic carbocycles. The van der Waals surface area contributed by atoms with E-state index in [4.69, 9.17) is 0 Å². The van der Waals surface area contributed by atoms with E-state index in [1.807, 2.05) is 6.20 Å². The van der Waals surface area contributed by atoms with Gasteiger partial charge in [-0.2, -0.15) is 5.10 Å². The van der Waals surface area contributed by atoms with Crippen molar-refractivity contribution in [3.05, 3.63) is 17.5 Å². The summed E-state index contributed by atoms with van der Waals surface area (Å²) in [4.78, 5) is 0. The van der Waals surface area contributed by atoms with Crippen molar-refractivity contribution in [1.29, 1.82) is 0 Å². The third-order valence-corrected chi connectivity index (χ3v) is 3.00. The standard InChI is InChI=1S/C10H16N2/c1-7(2)8-3-4-9-6-11-12-10(9)5-8/h6-8H,3-5H2,1-2H3,(H,11,12). The van der Waals surface area contributed by atoms with Crippen LogP contribution in [0.4, 0.5) is 0 Å². The van der Waals surface area contributed by atoms with Crippen molar-refractivity contribution in [2.24, 2.45) is 11.8 Å². The first kappa shape index (κ1) is 7.84. The molecule has 0 radical (unpaired) electrons. The first-order valence-electron chi connectivity index (χ1n) is 4.78. The van der Waals surface area contributed by atoms with E-state index in [1.54, 1.807) is 0 Å². The molecular weight excluding hydrogens is 148 g/mol. The zero-order valence-electron chi connectivity index (χ0n) is 7.80. The molecule has 2 nitrogen and oxygen atoms in total. The van der Waals surface area contributed by atoms with Crippen LogP contribution in [-0.4, -0.2) is 10.2 Å². The number of rotatable bonds is 1. The number of H-pyrrole nitrogens is 1. The summed E-state index contributed by atoms with van der Waals surface area (Å²) >= 11 is 0. The van der Waals surface area contributed by atoms with Crippen LogP contribution < -0.4 is 0 Å². The van der Waals surface area contributed by atoms with Gasteiger partial charge in [0.25, 0.3) is 0 Å². The highest BCUT2D eigenvalue weighted by Gasteiger charge is 2.21. The molecule has 2 heteroatoms. The molecule has 1 atom stereocenters. The van der Waals surface area contributed by atoms with Gasteiger partial charge in [-0.1, -0.05) is 13.8 Å². The van der Waals surface area contributed by atoms with Gasteiger partial charge in [0.15, 0.2) is 0 Å². The second-order valence-corrected chi connectivity index (χ2v) is 4.12. The van der Waals surface area contributed by atoms with Crippen LogP contribution in [0.3, 0.4) is 0 Å². The van der Waals surface area contributed by atoms with Crippen molar-refractivity contribution >= 4 is 0 Å². The Morgan fingerprint density at radius 1 is 1.58 bits per heavy atom. The van der Waals surface area contributed by atoms with Gasteiger partial charge in [-0.25, -0.2) is 0 Å². The van der Waals surface area contributed by atoms with Crippen LogP contribution >= 0.6 is 0 Å². The van der Waals surface area contributed by atoms with E-state index in [0.29, 0.717) is 0 Å². The highest BCUT2D eigenvalue weighted by molar-refractivity contribution is 5.19. The Morgan fingerprint density at radius 3 is 3.17 bits per heavy atom. The number of fused-ring (bicyclic) bond motifs is 1. The molecule has 0 amide bonds. The Morgan fingerprint density at radius 2 is 2.42 bits per heavy atom. The second-order valence-electron chi connectivity index (χ2n) is 4.12. The SMILES string of the molecule is CC(C)C1CCc2cn[nH]c2C1. The van der Waals surface area contributed by atoms with Crippen molar-refractivity contribution in [2.75, 3.05) is 0 Å². The van der Waals surface area contributed by atoms with Crippen LogP contribution in [-0.2, 0) is 12.8 Å². The molecule has 1 N–H and O–H groups in total. The largest absolute Gasteiger partial charge is 0.282 e. The van der Waals surface area contributed by atoms with Gasteiger partial charge >= 0.3 is 0 Å². The highest BCUT2D eigenvalue weighted by atomic mass is 15.1. The number of aryl methyl sites for hydroxylation is 1. The predicted octanol–water partition coefficient (Wildman–Crippen LogP) is 2.17. The van der Waals surface area contributed by atoms with E-state index in [2.05, 4.69) is 24.0 Å². The van der Waals surface area contributed by atoms with Crippen LogP contribution in [0, 0.1) is 11.8 Å². The fourth-order valence-electron chi connectivity index (χ4n) is 2.00. The summed E-state index contributed by atoms with van der Waals surface area (Å²) in [5.74, 6) is 1.67. The van der Waals surface area contributed by atoms with Gasteiger partial charge < -0.3 is 0 Å². The van der Waals surface area contributed by atoms with Crippen LogP contribution in [0.25, 0.3) is 0 Å². The number of nitrogens with zero attached hydrogens (tertiary/aromatic N) is 1. The summed E-state index contributed by atoms with van der Waals surface area (Å²) in [6, 6.07) is 0. The Labute approximate surface area is 73.4 Å². The first-order valence-corrected chi connectivity index (χ1v) is 4.78. The molecule has 1 unspecified atom stereocenters. The molecule has 0 bridgehead atoms. The Kier molecular flexibility index (Phi) is 1.91. The quantitative estimate of drug-likeness (QED) is 0.677. The van der Waals surface area contributed by atoms with Gasteiger partial charge in [0.05, 0.1) is 6.20 Å². The van der Waals surface area contributed by atoms with Crippen molar-refractivity contribution in [3.63, 3.8) is 0 Å². The zero-order valence-corrected chi connectivity index (χ0v) is 7.80. The molecule has 12 heavy (non-hydrogen) atoms. The molecule has 0 aliphatic heterocycles. The number of aromatic amines is 1.